The van der Waals surface area contributed by atoms with Crippen molar-refractivity contribution >= 4 is 23.4 Å². The van der Waals surface area contributed by atoms with Gasteiger partial charge in [-0.15, -0.1) is 0 Å². The fourth-order valence-corrected chi connectivity index (χ4v) is 3.54. The first-order chi connectivity index (χ1) is 13.0. The largest absolute Gasteiger partial charge is 0.319 e. The van der Waals surface area contributed by atoms with E-state index in [0.717, 1.165) is 5.69 Å². The molecule has 0 bridgehead atoms. The second-order valence-corrected chi connectivity index (χ2v) is 7.14. The quantitative estimate of drug-likeness (QED) is 0.523. The normalized spacial score (nSPS) is 12.0. The van der Waals surface area contributed by atoms with Gasteiger partial charge >= 0.3 is 0 Å². The predicted octanol–water partition coefficient (Wildman–Crippen LogP) is 2.78. The zero-order valence-corrected chi connectivity index (χ0v) is 16.2. The molecule has 1 aromatic carbocycles. The van der Waals surface area contributed by atoms with Crippen molar-refractivity contribution in [1.82, 2.24) is 19.3 Å². The summed E-state index contributed by atoms with van der Waals surface area (Å²) in [6.07, 6.45) is 3.87. The summed E-state index contributed by atoms with van der Waals surface area (Å²) in [4.78, 5) is 34.0. The molecule has 0 aliphatic rings. The second kappa shape index (κ2) is 8.22. The first kappa shape index (κ1) is 18.9. The van der Waals surface area contributed by atoms with Crippen LogP contribution in [0.4, 0.5) is 5.69 Å². The molecule has 0 saturated carbocycles. The van der Waals surface area contributed by atoms with Crippen LogP contribution in [-0.2, 0) is 11.8 Å². The number of thioether (sulfide) groups is 1. The Morgan fingerprint density at radius 2 is 1.85 bits per heavy atom. The molecule has 1 atom stereocenters. The van der Waals surface area contributed by atoms with Crippen LogP contribution in [-0.4, -0.2) is 30.5 Å². The summed E-state index contributed by atoms with van der Waals surface area (Å²) in [6.45, 7) is 3.73. The van der Waals surface area contributed by atoms with Gasteiger partial charge in [0.25, 0.3) is 5.56 Å². The molecule has 0 aliphatic carbocycles. The molecule has 0 aliphatic heterocycles. The van der Waals surface area contributed by atoms with E-state index in [4.69, 9.17) is 0 Å². The Kier molecular flexibility index (Phi) is 5.75. The highest BCUT2D eigenvalue weighted by Gasteiger charge is 2.23. The monoisotopic (exact) mass is 383 g/mol. The molecule has 0 radical (unpaired) electrons. The third-order valence-electron chi connectivity index (χ3n) is 4.26. The van der Waals surface area contributed by atoms with Crippen LogP contribution in [0.25, 0.3) is 5.69 Å². The van der Waals surface area contributed by atoms with Crippen LogP contribution in [0.3, 0.4) is 0 Å². The lowest BCUT2D eigenvalue weighted by atomic mass is 10.3. The molecule has 2 heterocycles. The zero-order valence-electron chi connectivity index (χ0n) is 15.4. The minimum absolute atomic E-state index is 0.235. The van der Waals surface area contributed by atoms with Crippen LogP contribution in [0.15, 0.2) is 58.7 Å². The van der Waals surface area contributed by atoms with Crippen LogP contribution in [0.2, 0.25) is 0 Å². The molecule has 0 spiro atoms. The number of carbonyl (C=O) groups is 1. The minimum Gasteiger partial charge on any atom is -0.319 e. The standard InChI is InChI=1S/C19H21N5O2S/c1-4-15(27-19-20-11-8-12-21-19)17(25)22-16-13(2)23(3)24(18(16)26)14-9-6-5-7-10-14/h5-12,15H,4H2,1-3H3,(H,22,25). The highest BCUT2D eigenvalue weighted by atomic mass is 32.2. The molecule has 8 heteroatoms. The van der Waals surface area contributed by atoms with Gasteiger partial charge in [-0.3, -0.25) is 14.3 Å². The summed E-state index contributed by atoms with van der Waals surface area (Å²) in [5, 5.41) is 2.95. The SMILES string of the molecule is CCC(Sc1ncccn1)C(=O)Nc1c(C)n(C)n(-c2ccccc2)c1=O. The van der Waals surface area contributed by atoms with E-state index < -0.39 is 5.25 Å². The van der Waals surface area contributed by atoms with Gasteiger partial charge in [0.05, 0.1) is 16.6 Å². The third kappa shape index (κ3) is 3.95. The molecule has 2 aromatic heterocycles. The highest BCUT2D eigenvalue weighted by Crippen LogP contribution is 2.23. The number of rotatable bonds is 6. The van der Waals surface area contributed by atoms with Crippen molar-refractivity contribution in [1.29, 1.82) is 0 Å². The minimum atomic E-state index is -0.392. The fourth-order valence-electron chi connectivity index (χ4n) is 2.71. The van der Waals surface area contributed by atoms with Crippen LogP contribution in [0.5, 0.6) is 0 Å². The first-order valence-electron chi connectivity index (χ1n) is 8.61. The van der Waals surface area contributed by atoms with E-state index in [-0.39, 0.29) is 11.5 Å². The molecular formula is C19H21N5O2S. The molecule has 140 valence electrons. The smallest absolute Gasteiger partial charge is 0.295 e. The van der Waals surface area contributed by atoms with Gasteiger partial charge in [0.1, 0.15) is 5.69 Å². The summed E-state index contributed by atoms with van der Waals surface area (Å²) >= 11 is 1.29. The van der Waals surface area contributed by atoms with Crippen molar-refractivity contribution in [2.75, 3.05) is 5.32 Å². The van der Waals surface area contributed by atoms with Gasteiger partial charge in [-0.05, 0) is 31.5 Å². The Balaban J connectivity index is 1.87. The van der Waals surface area contributed by atoms with Crippen LogP contribution in [0, 0.1) is 6.92 Å². The van der Waals surface area contributed by atoms with Crippen molar-refractivity contribution in [3.05, 3.63) is 64.8 Å². The molecule has 3 aromatic rings. The van der Waals surface area contributed by atoms with Gasteiger partial charge in [-0.1, -0.05) is 36.9 Å². The van der Waals surface area contributed by atoms with Crippen LogP contribution >= 0.6 is 11.8 Å². The summed E-state index contributed by atoms with van der Waals surface area (Å²) < 4.78 is 3.28. The van der Waals surface area contributed by atoms with Crippen molar-refractivity contribution in [2.24, 2.45) is 7.05 Å². The Morgan fingerprint density at radius 3 is 2.48 bits per heavy atom. The molecule has 3 rings (SSSR count). The number of nitrogens with one attached hydrogen (secondary N) is 1. The van der Waals surface area contributed by atoms with E-state index in [0.29, 0.717) is 23.0 Å². The number of para-hydroxylation sites is 1. The van der Waals surface area contributed by atoms with Crippen molar-refractivity contribution in [3.63, 3.8) is 0 Å². The van der Waals surface area contributed by atoms with E-state index in [2.05, 4.69) is 15.3 Å². The molecule has 1 N–H and O–H groups in total. The Morgan fingerprint density at radius 1 is 1.19 bits per heavy atom. The van der Waals surface area contributed by atoms with Gasteiger partial charge in [0, 0.05) is 19.4 Å². The van der Waals surface area contributed by atoms with Gasteiger partial charge < -0.3 is 5.32 Å². The van der Waals surface area contributed by atoms with E-state index in [1.165, 1.54) is 11.8 Å². The lowest BCUT2D eigenvalue weighted by Crippen LogP contribution is -2.28. The number of hydrogen-bond acceptors (Lipinski definition) is 5. The average molecular weight is 383 g/mol. The molecule has 0 fully saturated rings. The van der Waals surface area contributed by atoms with Gasteiger partial charge in [-0.2, -0.15) is 0 Å². The second-order valence-electron chi connectivity index (χ2n) is 5.97. The average Bonchev–Trinajstić information content (AvgIpc) is 2.90. The number of benzene rings is 1. The molecule has 0 saturated heterocycles. The summed E-state index contributed by atoms with van der Waals surface area (Å²) in [5.74, 6) is -0.235. The van der Waals surface area contributed by atoms with E-state index in [1.807, 2.05) is 44.2 Å². The summed E-state index contributed by atoms with van der Waals surface area (Å²) in [7, 11) is 1.79. The number of nitrogens with zero attached hydrogens (tertiary/aromatic N) is 4. The Bertz CT molecular complexity index is 983. The fraction of sp³-hybridized carbons (Fsp3) is 0.263. The maximum atomic E-state index is 12.9. The summed E-state index contributed by atoms with van der Waals surface area (Å²) in [5.41, 5.74) is 1.46. The van der Waals surface area contributed by atoms with E-state index in [1.54, 1.807) is 34.9 Å². The Hall–Kier alpha value is -2.87. The first-order valence-corrected chi connectivity index (χ1v) is 9.49. The molecule has 7 nitrogen and oxygen atoms in total. The lowest BCUT2D eigenvalue weighted by molar-refractivity contribution is -0.115. The lowest BCUT2D eigenvalue weighted by Gasteiger charge is -2.12. The maximum Gasteiger partial charge on any atom is 0.295 e. The number of aromatic nitrogens is 4. The van der Waals surface area contributed by atoms with Crippen LogP contribution in [0.1, 0.15) is 19.0 Å². The van der Waals surface area contributed by atoms with E-state index >= 15 is 0 Å². The van der Waals surface area contributed by atoms with E-state index in [9.17, 15) is 9.59 Å². The van der Waals surface area contributed by atoms with Crippen LogP contribution < -0.4 is 10.9 Å². The number of anilines is 1. The number of amides is 1. The zero-order chi connectivity index (χ0) is 19.4. The number of hydrogen-bond donors (Lipinski definition) is 1. The molecular weight excluding hydrogens is 362 g/mol. The van der Waals surface area contributed by atoms with Crippen molar-refractivity contribution < 1.29 is 4.79 Å². The predicted molar refractivity (Wildman–Crippen MR) is 106 cm³/mol. The molecule has 1 amide bonds. The van der Waals surface area contributed by atoms with Gasteiger partial charge in [-0.25, -0.2) is 14.6 Å². The highest BCUT2D eigenvalue weighted by molar-refractivity contribution is 8.00. The van der Waals surface area contributed by atoms with Gasteiger partial charge in [0.15, 0.2) is 5.16 Å². The van der Waals surface area contributed by atoms with Crippen molar-refractivity contribution in [2.45, 2.75) is 30.7 Å². The van der Waals surface area contributed by atoms with Gasteiger partial charge in [0.2, 0.25) is 5.91 Å². The molecule has 1 unspecified atom stereocenters. The topological polar surface area (TPSA) is 81.8 Å². The maximum absolute atomic E-state index is 12.9. The number of carbonyl (C=O) groups excluding carboxylic acids is 1. The van der Waals surface area contributed by atoms with Crippen molar-refractivity contribution in [3.8, 4) is 5.69 Å². The molecule has 27 heavy (non-hydrogen) atoms. The summed E-state index contributed by atoms with van der Waals surface area (Å²) in [6, 6.07) is 11.1. The Labute approximate surface area is 161 Å². The third-order valence-corrected chi connectivity index (χ3v) is 5.51.